The minimum atomic E-state index is 0.157. The van der Waals surface area contributed by atoms with Gasteiger partial charge in [0.25, 0.3) is 0 Å². The Hall–Kier alpha value is -1.02. The van der Waals surface area contributed by atoms with E-state index in [1.807, 2.05) is 0 Å². The fraction of sp³-hybridized carbons (Fsp3) is 0.600. The van der Waals surface area contributed by atoms with Crippen molar-refractivity contribution in [3.63, 3.8) is 0 Å². The zero-order chi connectivity index (χ0) is 12.5. The van der Waals surface area contributed by atoms with Crippen molar-refractivity contribution in [2.75, 3.05) is 13.7 Å². The standard InChI is InChI=1S/C15H23NO/c1-11-8-13(14(17-3)9-12(11)2)15(10-16)6-4-5-7-15/h8-9H,4-7,10,16H2,1-3H3. The van der Waals surface area contributed by atoms with Crippen molar-refractivity contribution in [1.82, 2.24) is 0 Å². The molecule has 1 aliphatic rings. The number of hydrogen-bond donors (Lipinski definition) is 1. The van der Waals surface area contributed by atoms with Crippen molar-refractivity contribution in [3.05, 3.63) is 28.8 Å². The summed E-state index contributed by atoms with van der Waals surface area (Å²) in [5.41, 5.74) is 10.2. The van der Waals surface area contributed by atoms with Gasteiger partial charge in [-0.1, -0.05) is 18.9 Å². The van der Waals surface area contributed by atoms with Gasteiger partial charge in [0.05, 0.1) is 7.11 Å². The molecule has 0 unspecified atom stereocenters. The number of rotatable bonds is 3. The largest absolute Gasteiger partial charge is 0.496 e. The third-order valence-electron chi connectivity index (χ3n) is 4.34. The van der Waals surface area contributed by atoms with Crippen LogP contribution in [0, 0.1) is 13.8 Å². The van der Waals surface area contributed by atoms with Crippen molar-refractivity contribution in [1.29, 1.82) is 0 Å². The topological polar surface area (TPSA) is 35.2 Å². The van der Waals surface area contributed by atoms with Gasteiger partial charge >= 0.3 is 0 Å². The van der Waals surface area contributed by atoms with Gasteiger partial charge in [-0.15, -0.1) is 0 Å². The molecular weight excluding hydrogens is 210 g/mol. The molecular formula is C15H23NO. The molecule has 1 fully saturated rings. The van der Waals surface area contributed by atoms with Crippen LogP contribution in [0.3, 0.4) is 0 Å². The first-order valence-corrected chi connectivity index (χ1v) is 6.49. The van der Waals surface area contributed by atoms with Crippen molar-refractivity contribution >= 4 is 0 Å². The molecule has 1 aliphatic carbocycles. The maximum atomic E-state index is 6.06. The summed E-state index contributed by atoms with van der Waals surface area (Å²) in [6.45, 7) is 5.02. The normalized spacial score (nSPS) is 18.4. The fourth-order valence-electron chi connectivity index (χ4n) is 3.01. The van der Waals surface area contributed by atoms with Crippen LogP contribution in [0.5, 0.6) is 5.75 Å². The lowest BCUT2D eigenvalue weighted by Crippen LogP contribution is -2.32. The smallest absolute Gasteiger partial charge is 0.122 e. The van der Waals surface area contributed by atoms with Crippen molar-refractivity contribution in [3.8, 4) is 5.75 Å². The summed E-state index contributed by atoms with van der Waals surface area (Å²) in [7, 11) is 1.76. The molecule has 2 heteroatoms. The zero-order valence-corrected chi connectivity index (χ0v) is 11.2. The van der Waals surface area contributed by atoms with Gasteiger partial charge in [0, 0.05) is 17.5 Å². The van der Waals surface area contributed by atoms with Crippen molar-refractivity contribution in [2.45, 2.75) is 44.9 Å². The molecule has 1 aromatic rings. The second kappa shape index (κ2) is 4.69. The quantitative estimate of drug-likeness (QED) is 0.870. The van der Waals surface area contributed by atoms with Crippen LogP contribution in [-0.2, 0) is 5.41 Å². The van der Waals surface area contributed by atoms with Crippen LogP contribution in [0.2, 0.25) is 0 Å². The number of ether oxygens (including phenoxy) is 1. The average molecular weight is 233 g/mol. The molecule has 17 heavy (non-hydrogen) atoms. The predicted molar refractivity (Wildman–Crippen MR) is 71.7 cm³/mol. The maximum absolute atomic E-state index is 6.06. The molecule has 0 atom stereocenters. The van der Waals surface area contributed by atoms with Crippen LogP contribution in [0.4, 0.5) is 0 Å². The van der Waals surface area contributed by atoms with Crippen molar-refractivity contribution < 1.29 is 4.74 Å². The Balaban J connectivity index is 2.52. The Morgan fingerprint density at radius 2 is 1.76 bits per heavy atom. The summed E-state index contributed by atoms with van der Waals surface area (Å²) in [6.07, 6.45) is 4.96. The summed E-state index contributed by atoms with van der Waals surface area (Å²) < 4.78 is 5.56. The van der Waals surface area contributed by atoms with Crippen LogP contribution >= 0.6 is 0 Å². The average Bonchev–Trinajstić information content (AvgIpc) is 2.82. The van der Waals surface area contributed by atoms with Gasteiger partial charge in [-0.05, 0) is 43.9 Å². The molecule has 0 radical (unpaired) electrons. The summed E-state index contributed by atoms with van der Waals surface area (Å²) in [4.78, 5) is 0. The van der Waals surface area contributed by atoms with E-state index in [1.54, 1.807) is 7.11 Å². The predicted octanol–water partition coefficient (Wildman–Crippen LogP) is 3.08. The number of aryl methyl sites for hydroxylation is 2. The number of nitrogens with two attached hydrogens (primary N) is 1. The molecule has 2 rings (SSSR count). The SMILES string of the molecule is COc1cc(C)c(C)cc1C1(CN)CCCC1. The highest BCUT2D eigenvalue weighted by Gasteiger charge is 2.36. The van der Waals surface area contributed by atoms with E-state index in [2.05, 4.69) is 26.0 Å². The van der Waals surface area contributed by atoms with E-state index < -0.39 is 0 Å². The van der Waals surface area contributed by atoms with E-state index in [1.165, 1.54) is 42.4 Å². The molecule has 0 spiro atoms. The fourth-order valence-corrected chi connectivity index (χ4v) is 3.01. The summed E-state index contributed by atoms with van der Waals surface area (Å²) in [6, 6.07) is 4.44. The van der Waals surface area contributed by atoms with Crippen molar-refractivity contribution in [2.24, 2.45) is 5.73 Å². The molecule has 94 valence electrons. The van der Waals surface area contributed by atoms with Crippen LogP contribution in [-0.4, -0.2) is 13.7 Å². The number of methoxy groups -OCH3 is 1. The zero-order valence-electron chi connectivity index (χ0n) is 11.2. The highest BCUT2D eigenvalue weighted by Crippen LogP contribution is 2.44. The first-order valence-electron chi connectivity index (χ1n) is 6.49. The Bertz CT molecular complexity index is 406. The second-order valence-electron chi connectivity index (χ2n) is 5.33. The van der Waals surface area contributed by atoms with Gasteiger partial charge in [-0.2, -0.15) is 0 Å². The van der Waals surface area contributed by atoms with Crippen LogP contribution in [0.1, 0.15) is 42.4 Å². The van der Waals surface area contributed by atoms with E-state index in [4.69, 9.17) is 10.5 Å². The van der Waals surface area contributed by atoms with Gasteiger partial charge in [-0.3, -0.25) is 0 Å². The van der Waals surface area contributed by atoms with Gasteiger partial charge in [-0.25, -0.2) is 0 Å². The summed E-state index contributed by atoms with van der Waals surface area (Å²) >= 11 is 0. The molecule has 0 aromatic heterocycles. The third kappa shape index (κ3) is 2.06. The molecule has 0 bridgehead atoms. The first-order chi connectivity index (χ1) is 8.13. The molecule has 1 saturated carbocycles. The highest BCUT2D eigenvalue weighted by molar-refractivity contribution is 5.46. The molecule has 2 N–H and O–H groups in total. The Kier molecular flexibility index (Phi) is 3.43. The lowest BCUT2D eigenvalue weighted by atomic mass is 9.77. The van der Waals surface area contributed by atoms with E-state index >= 15 is 0 Å². The third-order valence-corrected chi connectivity index (χ3v) is 4.34. The monoisotopic (exact) mass is 233 g/mol. The van der Waals surface area contributed by atoms with Crippen LogP contribution < -0.4 is 10.5 Å². The van der Waals surface area contributed by atoms with Crippen LogP contribution in [0.15, 0.2) is 12.1 Å². The Morgan fingerprint density at radius 1 is 1.18 bits per heavy atom. The second-order valence-corrected chi connectivity index (χ2v) is 5.33. The van der Waals surface area contributed by atoms with Gasteiger partial charge in [0.1, 0.15) is 5.75 Å². The lowest BCUT2D eigenvalue weighted by Gasteiger charge is -2.30. The molecule has 0 amide bonds. The molecule has 0 heterocycles. The van der Waals surface area contributed by atoms with E-state index in [0.29, 0.717) is 0 Å². The van der Waals surface area contributed by atoms with E-state index in [-0.39, 0.29) is 5.41 Å². The molecule has 0 saturated heterocycles. The highest BCUT2D eigenvalue weighted by atomic mass is 16.5. The van der Waals surface area contributed by atoms with Gasteiger partial charge in [0.2, 0.25) is 0 Å². The van der Waals surface area contributed by atoms with E-state index in [9.17, 15) is 0 Å². The van der Waals surface area contributed by atoms with Gasteiger partial charge in [0.15, 0.2) is 0 Å². The minimum absolute atomic E-state index is 0.157. The maximum Gasteiger partial charge on any atom is 0.122 e. The lowest BCUT2D eigenvalue weighted by molar-refractivity contribution is 0.377. The molecule has 2 nitrogen and oxygen atoms in total. The molecule has 0 aliphatic heterocycles. The molecule has 1 aromatic carbocycles. The van der Waals surface area contributed by atoms with E-state index in [0.717, 1.165) is 12.3 Å². The Morgan fingerprint density at radius 3 is 2.29 bits per heavy atom. The van der Waals surface area contributed by atoms with Crippen LogP contribution in [0.25, 0.3) is 0 Å². The first kappa shape index (κ1) is 12.4. The van der Waals surface area contributed by atoms with Gasteiger partial charge < -0.3 is 10.5 Å². The number of hydrogen-bond acceptors (Lipinski definition) is 2. The minimum Gasteiger partial charge on any atom is -0.496 e. The number of benzene rings is 1. The summed E-state index contributed by atoms with van der Waals surface area (Å²) in [5, 5.41) is 0. The Labute approximate surface area is 104 Å². The summed E-state index contributed by atoms with van der Waals surface area (Å²) in [5.74, 6) is 1.01.